The number of nitrogens with one attached hydrogen (secondary N) is 2. The summed E-state index contributed by atoms with van der Waals surface area (Å²) in [6.07, 6.45) is -0.226. The Kier molecular flexibility index (Phi) is 8.31. The number of hydrogen-bond acceptors (Lipinski definition) is 5. The van der Waals surface area contributed by atoms with Gasteiger partial charge in [-0.2, -0.15) is 0 Å². The van der Waals surface area contributed by atoms with Crippen LogP contribution in [0.25, 0.3) is 10.8 Å². The van der Waals surface area contributed by atoms with Crippen molar-refractivity contribution in [2.45, 2.75) is 38.6 Å². The van der Waals surface area contributed by atoms with Crippen LogP contribution in [0.1, 0.15) is 25.3 Å². The Morgan fingerprint density at radius 3 is 2.62 bits per heavy atom. The number of carbonyl (C=O) groups excluding carboxylic acids is 2. The van der Waals surface area contributed by atoms with Crippen LogP contribution in [-0.2, 0) is 11.3 Å². The molecule has 0 saturated heterocycles. The van der Waals surface area contributed by atoms with Crippen molar-refractivity contribution in [2.75, 3.05) is 12.4 Å². The first kappa shape index (κ1) is 24.8. The summed E-state index contributed by atoms with van der Waals surface area (Å²) in [7, 11) is 1.53. The zero-order valence-electron chi connectivity index (χ0n) is 18.8. The largest absolute Gasteiger partial charge is 0.420 e. The number of ether oxygens (including phenoxy) is 1. The van der Waals surface area contributed by atoms with Crippen LogP contribution in [0.15, 0.2) is 54.7 Å². The lowest BCUT2D eigenvalue weighted by molar-refractivity contribution is -0.0547. The van der Waals surface area contributed by atoms with E-state index >= 15 is 0 Å². The molecule has 0 spiro atoms. The van der Waals surface area contributed by atoms with Gasteiger partial charge in [-0.05, 0) is 30.9 Å². The van der Waals surface area contributed by atoms with E-state index in [1.807, 2.05) is 24.3 Å². The van der Waals surface area contributed by atoms with Gasteiger partial charge in [0.2, 0.25) is 6.29 Å². The highest BCUT2D eigenvalue weighted by Gasteiger charge is 2.19. The van der Waals surface area contributed by atoms with Gasteiger partial charge >= 0.3 is 12.1 Å². The Hall–Kier alpha value is -3.79. The fourth-order valence-corrected chi connectivity index (χ4v) is 3.23. The summed E-state index contributed by atoms with van der Waals surface area (Å²) in [5.74, 6) is -1.70. The minimum atomic E-state index is -1.39. The number of aromatic nitrogens is 1. The zero-order chi connectivity index (χ0) is 24.7. The molecule has 180 valence electrons. The first-order valence-electron chi connectivity index (χ1n) is 10.7. The Morgan fingerprint density at radius 2 is 1.85 bits per heavy atom. The number of benzene rings is 2. The van der Waals surface area contributed by atoms with Crippen LogP contribution < -0.4 is 10.6 Å². The van der Waals surface area contributed by atoms with E-state index in [2.05, 4.69) is 15.6 Å². The van der Waals surface area contributed by atoms with Gasteiger partial charge in [0.1, 0.15) is 5.82 Å². The molecule has 0 saturated carbocycles. The highest BCUT2D eigenvalue weighted by molar-refractivity contribution is 5.89. The molecule has 2 unspecified atom stereocenters. The lowest BCUT2D eigenvalue weighted by Crippen LogP contribution is -2.42. The molecule has 0 aliphatic rings. The third-order valence-electron chi connectivity index (χ3n) is 5.38. The number of urea groups is 1. The Morgan fingerprint density at radius 1 is 1.12 bits per heavy atom. The van der Waals surface area contributed by atoms with Crippen molar-refractivity contribution in [3.63, 3.8) is 0 Å². The van der Waals surface area contributed by atoms with E-state index in [0.717, 1.165) is 16.8 Å². The zero-order valence-corrected chi connectivity index (χ0v) is 18.8. The Bertz CT molecular complexity index is 1160. The van der Waals surface area contributed by atoms with Crippen LogP contribution in [0.2, 0.25) is 0 Å². The third-order valence-corrected chi connectivity index (χ3v) is 5.38. The second kappa shape index (κ2) is 11.4. The molecule has 1 heterocycles. The summed E-state index contributed by atoms with van der Waals surface area (Å²) in [6, 6.07) is 12.1. The molecule has 0 aliphatic heterocycles. The summed E-state index contributed by atoms with van der Waals surface area (Å²) in [4.78, 5) is 29.9. The van der Waals surface area contributed by atoms with Crippen molar-refractivity contribution < 1.29 is 28.2 Å². The molecule has 3 rings (SSSR count). The smallest absolute Gasteiger partial charge is 0.415 e. The van der Waals surface area contributed by atoms with Crippen LogP contribution in [-0.4, -0.2) is 46.5 Å². The van der Waals surface area contributed by atoms with Crippen molar-refractivity contribution in [1.29, 1.82) is 0 Å². The molecular formula is C24H26F2N4O4. The maximum atomic E-state index is 13.7. The molecule has 3 aromatic rings. The molecule has 8 nitrogen and oxygen atoms in total. The molecule has 10 heteroatoms. The summed E-state index contributed by atoms with van der Waals surface area (Å²) < 4.78 is 31.9. The summed E-state index contributed by atoms with van der Waals surface area (Å²) in [5.41, 5.74) is 0.0325. The predicted octanol–water partition coefficient (Wildman–Crippen LogP) is 4.39. The van der Waals surface area contributed by atoms with E-state index in [1.165, 1.54) is 24.1 Å². The number of carbonyl (C=O) groups is 2. The molecule has 0 fully saturated rings. The number of nitrogens with zero attached hydrogens (tertiary/aromatic N) is 2. The number of halogens is 2. The fourth-order valence-electron chi connectivity index (χ4n) is 3.23. The lowest BCUT2D eigenvalue weighted by atomic mass is 10.1. The van der Waals surface area contributed by atoms with Crippen LogP contribution in [0.5, 0.6) is 0 Å². The van der Waals surface area contributed by atoms with Crippen molar-refractivity contribution >= 4 is 28.7 Å². The molecule has 2 aromatic carbocycles. The maximum absolute atomic E-state index is 13.7. The average Bonchev–Trinajstić information content (AvgIpc) is 2.82. The monoisotopic (exact) mass is 472 g/mol. The maximum Gasteiger partial charge on any atom is 0.415 e. The van der Waals surface area contributed by atoms with Crippen LogP contribution in [0, 0.1) is 11.6 Å². The van der Waals surface area contributed by atoms with Crippen molar-refractivity contribution in [3.8, 4) is 0 Å². The number of hydrogen-bond donors (Lipinski definition) is 3. The van der Waals surface area contributed by atoms with Crippen LogP contribution >= 0.6 is 0 Å². The van der Waals surface area contributed by atoms with Gasteiger partial charge in [-0.15, -0.1) is 0 Å². The number of amides is 3. The summed E-state index contributed by atoms with van der Waals surface area (Å²) in [5, 5.41) is 16.9. The van der Waals surface area contributed by atoms with E-state index in [1.54, 1.807) is 19.2 Å². The molecule has 0 bridgehead atoms. The first-order valence-corrected chi connectivity index (χ1v) is 10.7. The van der Waals surface area contributed by atoms with E-state index in [0.29, 0.717) is 6.42 Å². The first-order chi connectivity index (χ1) is 16.2. The second-order valence-electron chi connectivity index (χ2n) is 7.81. The van der Waals surface area contributed by atoms with Gasteiger partial charge < -0.3 is 20.1 Å². The highest BCUT2D eigenvalue weighted by Crippen LogP contribution is 2.17. The quantitative estimate of drug-likeness (QED) is 0.422. The number of anilines is 1. The van der Waals surface area contributed by atoms with Crippen molar-refractivity contribution in [3.05, 3.63) is 71.9 Å². The predicted molar refractivity (Wildman–Crippen MR) is 123 cm³/mol. The second-order valence-corrected chi connectivity index (χ2v) is 7.81. The lowest BCUT2D eigenvalue weighted by Gasteiger charge is -2.26. The molecule has 2 atom stereocenters. The molecule has 0 radical (unpaired) electrons. The molecule has 0 aliphatic carbocycles. The topological polar surface area (TPSA) is 104 Å². The van der Waals surface area contributed by atoms with Crippen LogP contribution in [0.4, 0.5) is 24.2 Å². The van der Waals surface area contributed by atoms with Gasteiger partial charge in [-0.3, -0.25) is 5.32 Å². The number of fused-ring (bicyclic) bond motifs is 1. The average molecular weight is 472 g/mol. The Labute approximate surface area is 195 Å². The standard InChI is InChI=1S/C24H26F2N4O4/c1-15(30(2)23(32)28-14-18-8-5-9-19(25)22(18)26)10-11-21(31)34-24(33)29-20-12-16-6-3-4-7-17(16)13-27-20/h3-9,12-13,15,21,31H,10-11,14H2,1-2H3,(H,28,32)(H,27,29,33). The van der Waals surface area contributed by atoms with Crippen molar-refractivity contribution in [1.82, 2.24) is 15.2 Å². The SMILES string of the molecule is CC(CCC(O)OC(=O)Nc1cc2ccccc2cn1)N(C)C(=O)NCc1cccc(F)c1F. The highest BCUT2D eigenvalue weighted by atomic mass is 19.2. The van der Waals surface area contributed by atoms with Gasteiger partial charge in [-0.25, -0.2) is 23.4 Å². The number of aliphatic hydroxyl groups is 1. The number of pyridine rings is 1. The molecule has 3 N–H and O–H groups in total. The summed E-state index contributed by atoms with van der Waals surface area (Å²) in [6.45, 7) is 1.57. The normalized spacial score (nSPS) is 12.6. The number of aliphatic hydroxyl groups excluding tert-OH is 1. The van der Waals surface area contributed by atoms with Gasteiger partial charge in [0.25, 0.3) is 0 Å². The fraction of sp³-hybridized carbons (Fsp3) is 0.292. The minimum Gasteiger partial charge on any atom is -0.420 e. The van der Waals surface area contributed by atoms with Gasteiger partial charge in [0.05, 0.1) is 0 Å². The minimum absolute atomic E-state index is 0.0325. The molecule has 3 amide bonds. The Balaban J connectivity index is 1.42. The van der Waals surface area contributed by atoms with Gasteiger partial charge in [0.15, 0.2) is 11.6 Å². The van der Waals surface area contributed by atoms with E-state index < -0.39 is 30.0 Å². The molecular weight excluding hydrogens is 446 g/mol. The van der Waals surface area contributed by atoms with E-state index in [9.17, 15) is 23.5 Å². The summed E-state index contributed by atoms with van der Waals surface area (Å²) >= 11 is 0. The molecule has 1 aromatic heterocycles. The van der Waals surface area contributed by atoms with Gasteiger partial charge in [0, 0.05) is 43.2 Å². The van der Waals surface area contributed by atoms with E-state index in [4.69, 9.17) is 4.74 Å². The molecule has 34 heavy (non-hydrogen) atoms. The van der Waals surface area contributed by atoms with Crippen molar-refractivity contribution in [2.24, 2.45) is 0 Å². The van der Waals surface area contributed by atoms with E-state index in [-0.39, 0.29) is 30.4 Å². The number of rotatable bonds is 8. The van der Waals surface area contributed by atoms with Crippen LogP contribution in [0.3, 0.4) is 0 Å². The van der Waals surface area contributed by atoms with Gasteiger partial charge in [-0.1, -0.05) is 36.4 Å². The third kappa shape index (κ3) is 6.61.